The van der Waals surface area contributed by atoms with Crippen LogP contribution in [0.5, 0.6) is 0 Å². The van der Waals surface area contributed by atoms with Gasteiger partial charge >= 0.3 is 0 Å². The van der Waals surface area contributed by atoms with Gasteiger partial charge in [-0.2, -0.15) is 5.10 Å². The molecule has 1 aliphatic rings. The summed E-state index contributed by atoms with van der Waals surface area (Å²) >= 11 is 0. The molecule has 0 bridgehead atoms. The number of ether oxygens (including phenoxy) is 1. The predicted molar refractivity (Wildman–Crippen MR) is 59.9 cm³/mol. The number of hydrogen-bond acceptors (Lipinski definition) is 5. The first kappa shape index (κ1) is 12.0. The minimum Gasteiger partial charge on any atom is -0.381 e. The van der Waals surface area contributed by atoms with Crippen molar-refractivity contribution in [2.75, 3.05) is 13.2 Å². The third-order valence-electron chi connectivity index (χ3n) is 2.66. The number of hydrogen-bond donors (Lipinski definition) is 2. The van der Waals surface area contributed by atoms with Gasteiger partial charge in [0.05, 0.1) is 6.54 Å². The van der Waals surface area contributed by atoms with Crippen molar-refractivity contribution < 1.29 is 9.53 Å². The van der Waals surface area contributed by atoms with Crippen LogP contribution in [0, 0.1) is 0 Å². The van der Waals surface area contributed by atoms with Gasteiger partial charge in [0.25, 0.3) is 0 Å². The molecule has 3 N–H and O–H groups in total. The molecule has 1 aliphatic heterocycles. The number of carbonyl (C=O) groups excluding carboxylic acids is 1. The maximum Gasteiger partial charge on any atom is 0.242 e. The van der Waals surface area contributed by atoms with E-state index in [0.717, 1.165) is 12.8 Å². The Kier molecular flexibility index (Phi) is 4.05. The van der Waals surface area contributed by atoms with E-state index in [1.54, 1.807) is 0 Å². The number of nitrogens with one attached hydrogen (secondary N) is 1. The molecular formula is C10H17N5O2. The van der Waals surface area contributed by atoms with Crippen LogP contribution in [0.3, 0.4) is 0 Å². The lowest BCUT2D eigenvalue weighted by molar-refractivity contribution is -0.123. The molecule has 1 amide bonds. The molecule has 7 nitrogen and oxygen atoms in total. The lowest BCUT2D eigenvalue weighted by atomic mass is 10.1. The summed E-state index contributed by atoms with van der Waals surface area (Å²) in [6, 6.07) is 0.216. The number of rotatable bonds is 4. The number of nitrogens with two attached hydrogens (primary N) is 1. The maximum atomic E-state index is 11.7. The fourth-order valence-electron chi connectivity index (χ4n) is 1.77. The fourth-order valence-corrected chi connectivity index (χ4v) is 1.77. The van der Waals surface area contributed by atoms with Crippen molar-refractivity contribution in [1.29, 1.82) is 0 Å². The second kappa shape index (κ2) is 5.74. The average Bonchev–Trinajstić information content (AvgIpc) is 2.78. The zero-order valence-electron chi connectivity index (χ0n) is 9.63. The highest BCUT2D eigenvalue weighted by Crippen LogP contribution is 2.05. The molecule has 1 aromatic heterocycles. The number of aromatic nitrogens is 3. The van der Waals surface area contributed by atoms with Crippen molar-refractivity contribution >= 4 is 5.91 Å². The first-order chi connectivity index (χ1) is 8.28. The largest absolute Gasteiger partial charge is 0.381 e. The molecule has 2 heterocycles. The molecule has 0 radical (unpaired) electrons. The van der Waals surface area contributed by atoms with Crippen molar-refractivity contribution in [2.45, 2.75) is 32.0 Å². The highest BCUT2D eigenvalue weighted by molar-refractivity contribution is 5.75. The average molecular weight is 239 g/mol. The summed E-state index contributed by atoms with van der Waals surface area (Å²) in [6.45, 7) is 1.90. The Morgan fingerprint density at radius 3 is 3.00 bits per heavy atom. The topological polar surface area (TPSA) is 95.1 Å². The SMILES string of the molecule is NCc1ncn(CC(=O)NC2CCOCC2)n1. The normalized spacial score (nSPS) is 17.0. The zero-order valence-corrected chi connectivity index (χ0v) is 9.63. The summed E-state index contributed by atoms with van der Waals surface area (Å²) < 4.78 is 6.72. The van der Waals surface area contributed by atoms with E-state index in [-0.39, 0.29) is 25.0 Å². The highest BCUT2D eigenvalue weighted by Gasteiger charge is 2.16. The Labute approximate surface area is 99.3 Å². The Bertz CT molecular complexity index is 373. The van der Waals surface area contributed by atoms with Gasteiger partial charge < -0.3 is 15.8 Å². The van der Waals surface area contributed by atoms with Crippen LogP contribution in [0.2, 0.25) is 0 Å². The van der Waals surface area contributed by atoms with Crippen LogP contribution < -0.4 is 11.1 Å². The van der Waals surface area contributed by atoms with Crippen molar-refractivity contribution in [1.82, 2.24) is 20.1 Å². The van der Waals surface area contributed by atoms with Crippen molar-refractivity contribution in [3.05, 3.63) is 12.2 Å². The first-order valence-corrected chi connectivity index (χ1v) is 5.73. The second-order valence-electron chi connectivity index (χ2n) is 4.02. The van der Waals surface area contributed by atoms with Gasteiger partial charge in [0.1, 0.15) is 12.9 Å². The Hall–Kier alpha value is -1.47. The van der Waals surface area contributed by atoms with E-state index < -0.39 is 0 Å². The van der Waals surface area contributed by atoms with Gasteiger partial charge in [-0.25, -0.2) is 9.67 Å². The Balaban J connectivity index is 1.79. The van der Waals surface area contributed by atoms with Gasteiger partial charge in [0.2, 0.25) is 5.91 Å². The third-order valence-corrected chi connectivity index (χ3v) is 2.66. The quantitative estimate of drug-likeness (QED) is 0.705. The van der Waals surface area contributed by atoms with Crippen LogP contribution in [0.15, 0.2) is 6.33 Å². The number of amides is 1. The molecule has 17 heavy (non-hydrogen) atoms. The van der Waals surface area contributed by atoms with E-state index in [2.05, 4.69) is 15.4 Å². The molecule has 2 rings (SSSR count). The lowest BCUT2D eigenvalue weighted by Gasteiger charge is -2.22. The van der Waals surface area contributed by atoms with E-state index in [1.807, 2.05) is 0 Å². The van der Waals surface area contributed by atoms with E-state index >= 15 is 0 Å². The van der Waals surface area contributed by atoms with E-state index in [0.29, 0.717) is 19.0 Å². The smallest absolute Gasteiger partial charge is 0.242 e. The molecular weight excluding hydrogens is 222 g/mol. The van der Waals surface area contributed by atoms with Gasteiger partial charge in [0, 0.05) is 19.3 Å². The van der Waals surface area contributed by atoms with Gasteiger partial charge in [0.15, 0.2) is 5.82 Å². The molecule has 0 spiro atoms. The standard InChI is InChI=1S/C10H17N5O2/c11-5-9-12-7-15(14-9)6-10(16)13-8-1-3-17-4-2-8/h7-8H,1-6,11H2,(H,13,16). The molecule has 1 aromatic rings. The Morgan fingerprint density at radius 2 is 2.35 bits per heavy atom. The van der Waals surface area contributed by atoms with Crippen LogP contribution in [0.25, 0.3) is 0 Å². The highest BCUT2D eigenvalue weighted by atomic mass is 16.5. The van der Waals surface area contributed by atoms with E-state index in [1.165, 1.54) is 11.0 Å². The van der Waals surface area contributed by atoms with Gasteiger partial charge in [-0.15, -0.1) is 0 Å². The minimum atomic E-state index is -0.0506. The fraction of sp³-hybridized carbons (Fsp3) is 0.700. The van der Waals surface area contributed by atoms with E-state index in [9.17, 15) is 4.79 Å². The van der Waals surface area contributed by atoms with Crippen molar-refractivity contribution in [3.63, 3.8) is 0 Å². The van der Waals surface area contributed by atoms with Gasteiger partial charge in [-0.1, -0.05) is 0 Å². The summed E-state index contributed by atoms with van der Waals surface area (Å²) in [7, 11) is 0. The van der Waals surface area contributed by atoms with Crippen molar-refractivity contribution in [3.8, 4) is 0 Å². The van der Waals surface area contributed by atoms with Crippen LogP contribution in [-0.2, 0) is 22.6 Å². The molecule has 0 saturated carbocycles. The van der Waals surface area contributed by atoms with E-state index in [4.69, 9.17) is 10.5 Å². The monoisotopic (exact) mass is 239 g/mol. The third kappa shape index (κ3) is 3.50. The zero-order chi connectivity index (χ0) is 12.1. The molecule has 0 aliphatic carbocycles. The molecule has 1 saturated heterocycles. The maximum absolute atomic E-state index is 11.7. The van der Waals surface area contributed by atoms with Crippen LogP contribution in [0.1, 0.15) is 18.7 Å². The Morgan fingerprint density at radius 1 is 1.59 bits per heavy atom. The van der Waals surface area contributed by atoms with Gasteiger partial charge in [-0.05, 0) is 12.8 Å². The lowest BCUT2D eigenvalue weighted by Crippen LogP contribution is -2.40. The summed E-state index contributed by atoms with van der Waals surface area (Å²) in [5, 5.41) is 7.01. The number of carbonyl (C=O) groups is 1. The molecule has 0 unspecified atom stereocenters. The summed E-state index contributed by atoms with van der Waals surface area (Å²) in [5.74, 6) is 0.495. The predicted octanol–water partition coefficient (Wildman–Crippen LogP) is -0.968. The van der Waals surface area contributed by atoms with Gasteiger partial charge in [-0.3, -0.25) is 4.79 Å². The molecule has 7 heteroatoms. The summed E-state index contributed by atoms with van der Waals surface area (Å²) in [6.07, 6.45) is 3.26. The molecule has 0 atom stereocenters. The van der Waals surface area contributed by atoms with Crippen LogP contribution in [0.4, 0.5) is 0 Å². The summed E-state index contributed by atoms with van der Waals surface area (Å²) in [5.41, 5.74) is 5.39. The number of nitrogens with zero attached hydrogens (tertiary/aromatic N) is 3. The summed E-state index contributed by atoms with van der Waals surface area (Å²) in [4.78, 5) is 15.7. The molecule has 94 valence electrons. The molecule has 0 aromatic carbocycles. The molecule has 1 fully saturated rings. The minimum absolute atomic E-state index is 0.0506. The first-order valence-electron chi connectivity index (χ1n) is 5.73. The second-order valence-corrected chi connectivity index (χ2v) is 4.02. The van der Waals surface area contributed by atoms with Crippen LogP contribution in [-0.4, -0.2) is 39.9 Å². The van der Waals surface area contributed by atoms with Crippen LogP contribution >= 0.6 is 0 Å². The van der Waals surface area contributed by atoms with Crippen molar-refractivity contribution in [2.24, 2.45) is 5.73 Å².